The summed E-state index contributed by atoms with van der Waals surface area (Å²) in [5, 5.41) is 5.13. The monoisotopic (exact) mass is 371 g/mol. The number of ether oxygens (including phenoxy) is 1. The van der Waals surface area contributed by atoms with Gasteiger partial charge in [-0.15, -0.1) is 0 Å². The molecule has 1 atom stereocenters. The van der Waals surface area contributed by atoms with Gasteiger partial charge in [-0.3, -0.25) is 9.59 Å². The fraction of sp³-hybridized carbons (Fsp3) is 0.500. The summed E-state index contributed by atoms with van der Waals surface area (Å²) in [4.78, 5) is 23.5. The molecule has 1 aromatic rings. The average molecular weight is 371 g/mol. The Morgan fingerprint density at radius 3 is 2.24 bits per heavy atom. The molecule has 25 heavy (non-hydrogen) atoms. The molecule has 0 heterocycles. The minimum absolute atomic E-state index is 0.0121. The minimum Gasteiger partial charge on any atom is -0.383 e. The summed E-state index contributed by atoms with van der Waals surface area (Å²) in [6.45, 7) is 5.43. The molecule has 8 nitrogen and oxygen atoms in total. The number of benzene rings is 1. The number of nitrogens with one attached hydrogen (secondary N) is 3. The fourth-order valence-corrected chi connectivity index (χ4v) is 3.27. The highest BCUT2D eigenvalue weighted by Gasteiger charge is 2.18. The number of amides is 2. The van der Waals surface area contributed by atoms with Gasteiger partial charge in [0.05, 0.1) is 18.0 Å². The van der Waals surface area contributed by atoms with E-state index in [1.54, 1.807) is 6.92 Å². The van der Waals surface area contributed by atoms with Crippen molar-refractivity contribution in [3.63, 3.8) is 0 Å². The summed E-state index contributed by atoms with van der Waals surface area (Å²) in [6.07, 6.45) is 0. The van der Waals surface area contributed by atoms with Crippen LogP contribution in [0.3, 0.4) is 0 Å². The summed E-state index contributed by atoms with van der Waals surface area (Å²) < 4.78 is 31.8. The van der Waals surface area contributed by atoms with Gasteiger partial charge >= 0.3 is 0 Å². The maximum Gasteiger partial charge on any atom is 0.251 e. The highest BCUT2D eigenvalue weighted by atomic mass is 32.2. The Morgan fingerprint density at radius 2 is 1.72 bits per heavy atom. The predicted octanol–water partition coefficient (Wildman–Crippen LogP) is 0.254. The molecule has 3 N–H and O–H groups in total. The Balaban J connectivity index is 2.69. The van der Waals surface area contributed by atoms with Gasteiger partial charge in [0.25, 0.3) is 5.91 Å². The molecule has 0 spiro atoms. The number of carbonyl (C=O) groups excluding carboxylic acids is 2. The predicted molar refractivity (Wildman–Crippen MR) is 93.7 cm³/mol. The van der Waals surface area contributed by atoms with Crippen molar-refractivity contribution in [3.05, 3.63) is 29.8 Å². The molecule has 2 amide bonds. The van der Waals surface area contributed by atoms with Gasteiger partial charge in [-0.1, -0.05) is 0 Å². The van der Waals surface area contributed by atoms with Crippen LogP contribution in [-0.4, -0.2) is 52.6 Å². The van der Waals surface area contributed by atoms with Crippen molar-refractivity contribution in [3.8, 4) is 0 Å². The van der Waals surface area contributed by atoms with Crippen LogP contribution in [0.1, 0.15) is 31.1 Å². The highest BCUT2D eigenvalue weighted by molar-refractivity contribution is 7.89. The second-order valence-electron chi connectivity index (χ2n) is 5.91. The largest absolute Gasteiger partial charge is 0.383 e. The lowest BCUT2D eigenvalue weighted by Crippen LogP contribution is -2.39. The van der Waals surface area contributed by atoms with Gasteiger partial charge in [-0.25, -0.2) is 13.1 Å². The first-order chi connectivity index (χ1) is 11.7. The smallest absolute Gasteiger partial charge is 0.251 e. The number of sulfonamides is 1. The van der Waals surface area contributed by atoms with E-state index in [0.29, 0.717) is 0 Å². The van der Waals surface area contributed by atoms with E-state index < -0.39 is 15.9 Å². The lowest BCUT2D eigenvalue weighted by molar-refractivity contribution is -0.120. The maximum absolute atomic E-state index is 12.2. The van der Waals surface area contributed by atoms with Crippen LogP contribution in [0.5, 0.6) is 0 Å². The fourth-order valence-electron chi connectivity index (χ4n) is 2.04. The van der Waals surface area contributed by atoms with Crippen molar-refractivity contribution in [1.82, 2.24) is 15.4 Å². The third kappa shape index (κ3) is 7.20. The lowest BCUT2D eigenvalue weighted by Gasteiger charge is -2.13. The summed E-state index contributed by atoms with van der Waals surface area (Å²) in [7, 11) is -2.20. The lowest BCUT2D eigenvalue weighted by atomic mass is 10.2. The van der Waals surface area contributed by atoms with Crippen LogP contribution in [-0.2, 0) is 19.6 Å². The second-order valence-corrected chi connectivity index (χ2v) is 7.62. The zero-order valence-corrected chi connectivity index (χ0v) is 15.6. The molecular weight excluding hydrogens is 346 g/mol. The third-order valence-electron chi connectivity index (χ3n) is 3.06. The Bertz CT molecular complexity index is 686. The van der Waals surface area contributed by atoms with Crippen molar-refractivity contribution in [2.75, 3.05) is 20.3 Å². The minimum atomic E-state index is -3.69. The topological polar surface area (TPSA) is 114 Å². The van der Waals surface area contributed by atoms with Crippen LogP contribution >= 0.6 is 0 Å². The Hall–Kier alpha value is -1.97. The van der Waals surface area contributed by atoms with E-state index >= 15 is 0 Å². The van der Waals surface area contributed by atoms with Crippen molar-refractivity contribution < 1.29 is 22.7 Å². The summed E-state index contributed by atoms with van der Waals surface area (Å²) in [5.41, 5.74) is 0.265. The summed E-state index contributed by atoms with van der Waals surface area (Å²) in [6, 6.07) is 5.08. The van der Waals surface area contributed by atoms with Gasteiger partial charge in [-0.2, -0.15) is 0 Å². The molecule has 0 fully saturated rings. The molecule has 1 aromatic carbocycles. The molecule has 0 aliphatic rings. The van der Waals surface area contributed by atoms with Gasteiger partial charge in [0.15, 0.2) is 0 Å². The molecule has 0 unspecified atom stereocenters. The Labute approximate surface area is 148 Å². The van der Waals surface area contributed by atoms with Crippen molar-refractivity contribution in [2.24, 2.45) is 0 Å². The summed E-state index contributed by atoms with van der Waals surface area (Å²) >= 11 is 0. The Morgan fingerprint density at radius 1 is 1.12 bits per heavy atom. The van der Waals surface area contributed by atoms with Crippen LogP contribution in [0.4, 0.5) is 0 Å². The molecule has 0 aliphatic heterocycles. The molecule has 140 valence electrons. The number of hydrogen-bond donors (Lipinski definition) is 3. The van der Waals surface area contributed by atoms with Gasteiger partial charge in [0.2, 0.25) is 15.9 Å². The quantitative estimate of drug-likeness (QED) is 0.576. The van der Waals surface area contributed by atoms with Crippen LogP contribution in [0.25, 0.3) is 0 Å². The number of carbonyl (C=O) groups is 2. The van der Waals surface area contributed by atoms with E-state index in [4.69, 9.17) is 4.74 Å². The zero-order chi connectivity index (χ0) is 19.0. The molecule has 0 saturated heterocycles. The maximum atomic E-state index is 12.2. The van der Waals surface area contributed by atoms with Gasteiger partial charge in [0, 0.05) is 24.8 Å². The van der Waals surface area contributed by atoms with E-state index in [2.05, 4.69) is 15.4 Å². The summed E-state index contributed by atoms with van der Waals surface area (Å²) in [5.74, 6) is -0.748. The zero-order valence-electron chi connectivity index (χ0n) is 14.8. The molecule has 0 radical (unpaired) electrons. The van der Waals surface area contributed by atoms with Crippen LogP contribution in [0.2, 0.25) is 0 Å². The standard InChI is InChI=1S/C16H25N3O5S/c1-11(2)18-15(20)9-17-16(21)13-5-7-14(8-6-13)25(22,23)19-12(3)10-24-4/h5-8,11-12,19H,9-10H2,1-4H3,(H,17,21)(H,18,20)/t12-/m1/s1. The van der Waals surface area contributed by atoms with E-state index in [0.717, 1.165) is 0 Å². The molecule has 9 heteroatoms. The molecule has 0 saturated carbocycles. The van der Waals surface area contributed by atoms with E-state index in [1.165, 1.54) is 31.4 Å². The van der Waals surface area contributed by atoms with Gasteiger partial charge in [-0.05, 0) is 45.0 Å². The third-order valence-corrected chi connectivity index (χ3v) is 4.66. The second kappa shape index (κ2) is 9.50. The van der Waals surface area contributed by atoms with Crippen molar-refractivity contribution >= 4 is 21.8 Å². The number of methoxy groups -OCH3 is 1. The van der Waals surface area contributed by atoms with Crippen LogP contribution in [0, 0.1) is 0 Å². The van der Waals surface area contributed by atoms with E-state index in [-0.39, 0.29) is 41.6 Å². The molecule has 0 bridgehead atoms. The van der Waals surface area contributed by atoms with Gasteiger partial charge < -0.3 is 15.4 Å². The normalized spacial score (nSPS) is 12.7. The number of hydrogen-bond acceptors (Lipinski definition) is 5. The SMILES string of the molecule is COC[C@@H](C)NS(=O)(=O)c1ccc(C(=O)NCC(=O)NC(C)C)cc1. The molecule has 1 rings (SSSR count). The van der Waals surface area contributed by atoms with E-state index in [1.807, 2.05) is 13.8 Å². The highest BCUT2D eigenvalue weighted by Crippen LogP contribution is 2.11. The van der Waals surface area contributed by atoms with Gasteiger partial charge in [0.1, 0.15) is 0 Å². The first-order valence-electron chi connectivity index (χ1n) is 7.84. The van der Waals surface area contributed by atoms with Crippen LogP contribution in [0.15, 0.2) is 29.2 Å². The molecule has 0 aromatic heterocycles. The first-order valence-corrected chi connectivity index (χ1v) is 9.33. The van der Waals surface area contributed by atoms with E-state index in [9.17, 15) is 18.0 Å². The number of rotatable bonds is 9. The van der Waals surface area contributed by atoms with Crippen molar-refractivity contribution in [1.29, 1.82) is 0 Å². The molecular formula is C16H25N3O5S. The molecule has 0 aliphatic carbocycles. The average Bonchev–Trinajstić information content (AvgIpc) is 2.51. The Kier molecular flexibility index (Phi) is 8.01. The first kappa shape index (κ1) is 21.1. The van der Waals surface area contributed by atoms with Crippen molar-refractivity contribution in [2.45, 2.75) is 37.8 Å². The van der Waals surface area contributed by atoms with Crippen LogP contribution < -0.4 is 15.4 Å².